The Morgan fingerprint density at radius 2 is 2.03 bits per heavy atom. The molecule has 1 unspecified atom stereocenters. The molecule has 1 aliphatic rings. The fourth-order valence-electron chi connectivity index (χ4n) is 5.12. The molecule has 4 rings (SSSR count). The third-order valence-electron chi connectivity index (χ3n) is 7.08. The first-order valence-electron chi connectivity index (χ1n) is 12.4. The lowest BCUT2D eigenvalue weighted by molar-refractivity contribution is -0.139. The SMILES string of the molecule is COc1ccc2nccc(C(O)CC[C@@H]3CCN(CC#Cc4cc(F)cc(F)c4F)C[C@@H]3CC(=O)O)c2c1. The molecule has 2 N–H and O–H groups in total. The average molecular weight is 527 g/mol. The number of piperidine rings is 1. The molecule has 0 saturated carbocycles. The molecule has 6 nitrogen and oxygen atoms in total. The maximum atomic E-state index is 13.8. The van der Waals surface area contributed by atoms with Gasteiger partial charge in [-0.05, 0) is 73.5 Å². The van der Waals surface area contributed by atoms with E-state index in [-0.39, 0.29) is 30.4 Å². The van der Waals surface area contributed by atoms with Gasteiger partial charge in [0.1, 0.15) is 11.6 Å². The van der Waals surface area contributed by atoms with Gasteiger partial charge in [-0.1, -0.05) is 11.8 Å². The molecular formula is C29H29F3N2O4. The number of carboxylic acid groups (broad SMARTS) is 1. The number of rotatable bonds is 8. The second-order valence-electron chi connectivity index (χ2n) is 9.57. The topological polar surface area (TPSA) is 82.9 Å². The Morgan fingerprint density at radius 1 is 1.21 bits per heavy atom. The second kappa shape index (κ2) is 12.3. The summed E-state index contributed by atoms with van der Waals surface area (Å²) in [5.41, 5.74) is 1.15. The van der Waals surface area contributed by atoms with Crippen molar-refractivity contribution < 1.29 is 32.9 Å². The number of likely N-dealkylation sites (tertiary alicyclic amines) is 1. The van der Waals surface area contributed by atoms with E-state index < -0.39 is 29.5 Å². The van der Waals surface area contributed by atoms with E-state index >= 15 is 0 Å². The minimum Gasteiger partial charge on any atom is -0.497 e. The lowest BCUT2D eigenvalue weighted by atomic mass is 9.79. The quantitative estimate of drug-likeness (QED) is 0.320. The van der Waals surface area contributed by atoms with Crippen molar-refractivity contribution in [2.24, 2.45) is 11.8 Å². The number of aliphatic carboxylic acids is 1. The van der Waals surface area contributed by atoms with Crippen LogP contribution < -0.4 is 4.74 Å². The zero-order valence-corrected chi connectivity index (χ0v) is 21.0. The monoisotopic (exact) mass is 526 g/mol. The lowest BCUT2D eigenvalue weighted by Crippen LogP contribution is -2.41. The number of nitrogens with zero attached hydrogens (tertiary/aromatic N) is 2. The molecule has 2 aromatic carbocycles. The third-order valence-corrected chi connectivity index (χ3v) is 7.08. The van der Waals surface area contributed by atoms with Crippen LogP contribution in [0.2, 0.25) is 0 Å². The molecular weight excluding hydrogens is 497 g/mol. The Labute approximate surface area is 219 Å². The second-order valence-corrected chi connectivity index (χ2v) is 9.57. The van der Waals surface area contributed by atoms with E-state index in [0.717, 1.165) is 22.5 Å². The van der Waals surface area contributed by atoms with Gasteiger partial charge in [-0.15, -0.1) is 0 Å². The van der Waals surface area contributed by atoms with Crippen LogP contribution in [-0.2, 0) is 4.79 Å². The molecule has 0 radical (unpaired) electrons. The van der Waals surface area contributed by atoms with Crippen LogP contribution in [0.5, 0.6) is 5.75 Å². The molecule has 0 amide bonds. The minimum atomic E-state index is -1.29. The van der Waals surface area contributed by atoms with E-state index in [4.69, 9.17) is 4.74 Å². The van der Waals surface area contributed by atoms with E-state index in [0.29, 0.717) is 44.2 Å². The molecule has 3 aromatic rings. The standard InChI is InChI=1S/C29H29F3N2O4/c1-38-22-5-6-26-24(16-22)23(8-10-33-26)27(35)7-4-18-9-12-34(17-20(18)14-28(36)37)11-2-3-19-13-21(30)15-25(31)29(19)32/h5-6,8,10,13,15-16,18,20,27,35H,4,7,9,11-12,14,17H2,1H3,(H,36,37)/t18-,20+,27?/m1/s1. The highest BCUT2D eigenvalue weighted by atomic mass is 19.2. The number of aliphatic hydroxyl groups excluding tert-OH is 1. The first-order valence-corrected chi connectivity index (χ1v) is 12.4. The molecule has 200 valence electrons. The number of halogens is 3. The zero-order valence-electron chi connectivity index (χ0n) is 21.0. The van der Waals surface area contributed by atoms with E-state index in [1.54, 1.807) is 19.4 Å². The predicted octanol–water partition coefficient (Wildman–Crippen LogP) is 4.94. The maximum absolute atomic E-state index is 13.8. The number of methoxy groups -OCH3 is 1. The van der Waals surface area contributed by atoms with Crippen LogP contribution in [0, 0.1) is 41.1 Å². The van der Waals surface area contributed by atoms with Gasteiger partial charge in [-0.3, -0.25) is 14.7 Å². The lowest BCUT2D eigenvalue weighted by Gasteiger charge is -2.37. The van der Waals surface area contributed by atoms with Gasteiger partial charge in [-0.2, -0.15) is 0 Å². The van der Waals surface area contributed by atoms with Gasteiger partial charge < -0.3 is 14.9 Å². The largest absolute Gasteiger partial charge is 0.497 e. The molecule has 1 aliphatic heterocycles. The van der Waals surface area contributed by atoms with Crippen LogP contribution in [-0.4, -0.2) is 52.8 Å². The minimum absolute atomic E-state index is 0.0240. The van der Waals surface area contributed by atoms with Gasteiger partial charge in [0.25, 0.3) is 0 Å². The van der Waals surface area contributed by atoms with Crippen LogP contribution in [0.25, 0.3) is 10.9 Å². The number of hydrogen-bond donors (Lipinski definition) is 2. The molecule has 1 fully saturated rings. The van der Waals surface area contributed by atoms with E-state index in [1.807, 2.05) is 23.1 Å². The summed E-state index contributed by atoms with van der Waals surface area (Å²) in [4.78, 5) is 17.9. The van der Waals surface area contributed by atoms with Crippen LogP contribution in [0.1, 0.15) is 42.9 Å². The van der Waals surface area contributed by atoms with Crippen molar-refractivity contribution in [1.29, 1.82) is 0 Å². The smallest absolute Gasteiger partial charge is 0.303 e. The van der Waals surface area contributed by atoms with Crippen LogP contribution >= 0.6 is 0 Å². The van der Waals surface area contributed by atoms with Crippen molar-refractivity contribution in [2.45, 2.75) is 31.8 Å². The Balaban J connectivity index is 1.40. The van der Waals surface area contributed by atoms with Crippen molar-refractivity contribution in [3.63, 3.8) is 0 Å². The number of pyridine rings is 1. The molecule has 3 atom stereocenters. The first-order chi connectivity index (χ1) is 18.2. The van der Waals surface area contributed by atoms with Gasteiger partial charge in [0, 0.05) is 30.6 Å². The Kier molecular flexibility index (Phi) is 8.87. The van der Waals surface area contributed by atoms with Gasteiger partial charge in [0.05, 0.1) is 30.8 Å². The summed E-state index contributed by atoms with van der Waals surface area (Å²) in [6, 6.07) is 8.59. The number of ether oxygens (including phenoxy) is 1. The molecule has 1 aromatic heterocycles. The summed E-state index contributed by atoms with van der Waals surface area (Å²) in [6.45, 7) is 1.33. The molecule has 9 heteroatoms. The van der Waals surface area contributed by atoms with E-state index in [9.17, 15) is 28.2 Å². The first kappa shape index (κ1) is 27.4. The molecule has 1 saturated heterocycles. The van der Waals surface area contributed by atoms with Crippen molar-refractivity contribution in [3.05, 3.63) is 71.2 Å². The van der Waals surface area contributed by atoms with Gasteiger partial charge >= 0.3 is 5.97 Å². The Morgan fingerprint density at radius 3 is 2.79 bits per heavy atom. The van der Waals surface area contributed by atoms with E-state index in [1.165, 1.54) is 0 Å². The highest BCUT2D eigenvalue weighted by molar-refractivity contribution is 5.83. The summed E-state index contributed by atoms with van der Waals surface area (Å²) in [5, 5.41) is 21.3. The zero-order chi connectivity index (χ0) is 27.2. The highest BCUT2D eigenvalue weighted by Crippen LogP contribution is 2.34. The van der Waals surface area contributed by atoms with Crippen LogP contribution in [0.15, 0.2) is 42.6 Å². The molecule has 0 aliphatic carbocycles. The number of hydrogen-bond acceptors (Lipinski definition) is 5. The fraction of sp³-hybridized carbons (Fsp3) is 0.379. The molecule has 0 bridgehead atoms. The Hall–Kier alpha value is -3.61. The summed E-state index contributed by atoms with van der Waals surface area (Å²) in [6.07, 6.45) is 2.69. The van der Waals surface area contributed by atoms with Crippen LogP contribution in [0.3, 0.4) is 0 Å². The predicted molar refractivity (Wildman–Crippen MR) is 136 cm³/mol. The molecule has 2 heterocycles. The average Bonchev–Trinajstić information content (AvgIpc) is 2.89. The summed E-state index contributed by atoms with van der Waals surface area (Å²) < 4.78 is 46.0. The van der Waals surface area contributed by atoms with Gasteiger partial charge in [0.2, 0.25) is 0 Å². The Bertz CT molecular complexity index is 1370. The van der Waals surface area contributed by atoms with Crippen molar-refractivity contribution in [2.75, 3.05) is 26.7 Å². The normalized spacial score (nSPS) is 18.6. The number of aliphatic hydroxyl groups is 1. The summed E-state index contributed by atoms with van der Waals surface area (Å²) in [5.74, 6) is 1.53. The summed E-state index contributed by atoms with van der Waals surface area (Å²) in [7, 11) is 1.58. The van der Waals surface area contributed by atoms with Gasteiger partial charge in [0.15, 0.2) is 11.6 Å². The number of carbonyl (C=O) groups is 1. The number of aromatic nitrogens is 1. The number of carboxylic acids is 1. The third kappa shape index (κ3) is 6.63. The maximum Gasteiger partial charge on any atom is 0.303 e. The van der Waals surface area contributed by atoms with Gasteiger partial charge in [-0.25, -0.2) is 13.2 Å². The summed E-state index contributed by atoms with van der Waals surface area (Å²) >= 11 is 0. The van der Waals surface area contributed by atoms with Crippen LogP contribution in [0.4, 0.5) is 13.2 Å². The number of benzene rings is 2. The van der Waals surface area contributed by atoms with Crippen molar-refractivity contribution >= 4 is 16.9 Å². The van der Waals surface area contributed by atoms with Crippen molar-refractivity contribution in [1.82, 2.24) is 9.88 Å². The number of fused-ring (bicyclic) bond motifs is 1. The molecule has 38 heavy (non-hydrogen) atoms. The highest BCUT2D eigenvalue weighted by Gasteiger charge is 2.31. The molecule has 0 spiro atoms. The van der Waals surface area contributed by atoms with Crippen molar-refractivity contribution in [3.8, 4) is 17.6 Å². The fourth-order valence-corrected chi connectivity index (χ4v) is 5.12. The van der Waals surface area contributed by atoms with E-state index in [2.05, 4.69) is 16.8 Å².